The second-order valence-electron chi connectivity index (χ2n) is 20.4. The van der Waals surface area contributed by atoms with E-state index in [1.54, 1.807) is 0 Å². The number of nitrogen functional groups attached to an aromatic ring is 1. The summed E-state index contributed by atoms with van der Waals surface area (Å²) in [6.07, 6.45) is 2.18. The Morgan fingerprint density at radius 3 is 2.09 bits per heavy atom. The summed E-state index contributed by atoms with van der Waals surface area (Å²) < 4.78 is 5.02. The predicted molar refractivity (Wildman–Crippen MR) is 289 cm³/mol. The van der Waals surface area contributed by atoms with Crippen molar-refractivity contribution in [2.75, 3.05) is 5.73 Å². The Balaban J connectivity index is 1.48. The van der Waals surface area contributed by atoms with Crippen molar-refractivity contribution in [2.24, 2.45) is 5.92 Å². The third-order valence-corrected chi connectivity index (χ3v) is 16.1. The fourth-order valence-corrected chi connectivity index (χ4v) is 12.6. The average molecular weight is 869 g/mol. The van der Waals surface area contributed by atoms with Gasteiger partial charge in [0.25, 0.3) is 0 Å². The summed E-state index contributed by atoms with van der Waals surface area (Å²) in [5.41, 5.74) is 27.3. The highest BCUT2D eigenvalue weighted by Gasteiger charge is 2.36. The van der Waals surface area contributed by atoms with Crippen LogP contribution < -0.4 is 16.7 Å². The van der Waals surface area contributed by atoms with E-state index in [1.807, 2.05) is 11.3 Å². The van der Waals surface area contributed by atoms with Gasteiger partial charge in [-0.1, -0.05) is 174 Å². The number of anilines is 1. The topological polar surface area (TPSA) is 30.9 Å². The minimum atomic E-state index is -0.418. The molecular weight excluding hydrogens is 814 g/mol. The zero-order chi connectivity index (χ0) is 46.0. The molecule has 2 heterocycles. The van der Waals surface area contributed by atoms with Gasteiger partial charge in [0.2, 0.25) is 0 Å². The molecule has 2 nitrogen and oxygen atoms in total. The molecule has 4 bridgehead atoms. The summed E-state index contributed by atoms with van der Waals surface area (Å²) in [4.78, 5) is 0. The highest BCUT2D eigenvalue weighted by Crippen LogP contribution is 2.54. The van der Waals surface area contributed by atoms with Crippen molar-refractivity contribution < 1.29 is 0 Å². The zero-order valence-electron chi connectivity index (χ0n) is 39.4. The molecule has 0 saturated heterocycles. The van der Waals surface area contributed by atoms with Gasteiger partial charge in [0, 0.05) is 58.9 Å². The molecule has 11 rings (SSSR count). The molecule has 0 unspecified atom stereocenters. The van der Waals surface area contributed by atoms with E-state index >= 15 is 0 Å². The molecular formula is C61H54B2N2S. The van der Waals surface area contributed by atoms with E-state index in [1.165, 1.54) is 53.6 Å². The number of hydrogen-bond acceptors (Lipinski definition) is 2. The standard InChI is InChI=1S/C61H54B2N2S/c1-34(2)27-28-60(5,6)49-33-53-46-31-44(49)45-30-38(62)29-43(37-18-10-9-11-19-37)58(45)65(59-50(63)25-26-52(66-53)56(46)59)51-32-42(39-20-13-12-17-35(39)3)36(4)54-41-22-16-24-48(57(41)64)61(7,8)47-23-15-14-21-40(47)55(51)54/h9-26,29-34H,27-28,64H2,1-8H3. The van der Waals surface area contributed by atoms with Crippen molar-refractivity contribution in [2.45, 2.75) is 79.1 Å². The lowest BCUT2D eigenvalue weighted by molar-refractivity contribution is 0.417. The Hall–Kier alpha value is -6.29. The minimum Gasteiger partial charge on any atom is -0.398 e. The van der Waals surface area contributed by atoms with Gasteiger partial charge in [0.15, 0.2) is 0 Å². The maximum atomic E-state index is 7.58. The van der Waals surface area contributed by atoms with E-state index in [0.29, 0.717) is 16.8 Å². The van der Waals surface area contributed by atoms with Gasteiger partial charge < -0.3 is 10.3 Å². The molecule has 0 fully saturated rings. The molecule has 2 N–H and O–H groups in total. The molecule has 4 radical (unpaired) electrons. The molecule has 1 aliphatic carbocycles. The van der Waals surface area contributed by atoms with Crippen LogP contribution in [0, 0.1) is 19.8 Å². The minimum absolute atomic E-state index is 0.144. The number of para-hydroxylation sites is 1. The molecule has 5 heteroatoms. The fourth-order valence-electron chi connectivity index (χ4n) is 11.4. The van der Waals surface area contributed by atoms with Gasteiger partial charge in [-0.3, -0.25) is 0 Å². The first-order valence-electron chi connectivity index (χ1n) is 23.5. The molecule has 320 valence electrons. The molecule has 0 aliphatic heterocycles. The molecule has 1 aliphatic rings. The summed E-state index contributed by atoms with van der Waals surface area (Å²) in [7, 11) is 14.8. The third kappa shape index (κ3) is 6.37. The number of nitrogens with two attached hydrogens (primary N) is 1. The first-order valence-corrected chi connectivity index (χ1v) is 24.3. The number of thiophene rings is 1. The lowest BCUT2D eigenvalue weighted by atomic mass is 9.69. The van der Waals surface area contributed by atoms with Crippen LogP contribution in [0.2, 0.25) is 0 Å². The van der Waals surface area contributed by atoms with Gasteiger partial charge in [-0.2, -0.15) is 0 Å². The van der Waals surface area contributed by atoms with Crippen molar-refractivity contribution in [3.63, 3.8) is 0 Å². The van der Waals surface area contributed by atoms with Crippen LogP contribution in [-0.2, 0) is 10.8 Å². The van der Waals surface area contributed by atoms with Crippen LogP contribution in [0.4, 0.5) is 5.69 Å². The normalized spacial score (nSPS) is 13.4. The van der Waals surface area contributed by atoms with Crippen LogP contribution in [0.15, 0.2) is 140 Å². The second-order valence-corrected chi connectivity index (χ2v) is 21.5. The maximum Gasteiger partial charge on any atom is 0.116 e. The first kappa shape index (κ1) is 42.4. The van der Waals surface area contributed by atoms with Crippen LogP contribution in [0.1, 0.15) is 82.2 Å². The van der Waals surface area contributed by atoms with Gasteiger partial charge in [-0.05, 0) is 117 Å². The van der Waals surface area contributed by atoms with Crippen LogP contribution in [0.3, 0.4) is 0 Å². The largest absolute Gasteiger partial charge is 0.398 e. The van der Waals surface area contributed by atoms with E-state index < -0.39 is 5.41 Å². The Labute approximate surface area is 396 Å². The molecule has 0 atom stereocenters. The third-order valence-electron chi connectivity index (χ3n) is 15.0. The first-order chi connectivity index (χ1) is 31.7. The Bertz CT molecular complexity index is 3620. The molecule has 0 spiro atoms. The summed E-state index contributed by atoms with van der Waals surface area (Å²) >= 11 is 1.86. The lowest BCUT2D eigenvalue weighted by Gasteiger charge is -2.36. The van der Waals surface area contributed by atoms with Crippen LogP contribution in [0.25, 0.3) is 92.2 Å². The maximum absolute atomic E-state index is 7.58. The number of nitrogens with zero attached hydrogens (tertiary/aromatic N) is 1. The van der Waals surface area contributed by atoms with Crippen molar-refractivity contribution in [3.8, 4) is 50.2 Å². The Morgan fingerprint density at radius 1 is 0.636 bits per heavy atom. The number of rotatable bonds is 7. The molecule has 0 saturated carbocycles. The quantitative estimate of drug-likeness (QED) is 0.126. The van der Waals surface area contributed by atoms with E-state index in [4.69, 9.17) is 21.4 Å². The summed E-state index contributed by atoms with van der Waals surface area (Å²) in [6.45, 7) is 18.7. The van der Waals surface area contributed by atoms with Crippen LogP contribution in [-0.4, -0.2) is 20.3 Å². The van der Waals surface area contributed by atoms with E-state index in [9.17, 15) is 0 Å². The van der Waals surface area contributed by atoms with Crippen LogP contribution in [0.5, 0.6) is 0 Å². The number of hydrogen-bond donors (Lipinski definition) is 1. The summed E-state index contributed by atoms with van der Waals surface area (Å²) in [5, 5.41) is 4.67. The smallest absolute Gasteiger partial charge is 0.116 e. The lowest BCUT2D eigenvalue weighted by Crippen LogP contribution is -2.24. The number of benzene rings is 8. The summed E-state index contributed by atoms with van der Waals surface area (Å²) in [6, 6.07) is 51.3. The van der Waals surface area contributed by atoms with Gasteiger partial charge in [-0.15, -0.1) is 11.3 Å². The second kappa shape index (κ2) is 15.4. The Kier molecular flexibility index (Phi) is 9.88. The summed E-state index contributed by atoms with van der Waals surface area (Å²) in [5.74, 6) is 0.583. The fraction of sp³-hybridized carbons (Fsp3) is 0.213. The number of aromatic nitrogens is 1. The van der Waals surface area contributed by atoms with Crippen molar-refractivity contribution in [1.82, 2.24) is 4.57 Å². The molecule has 8 aromatic carbocycles. The van der Waals surface area contributed by atoms with Crippen molar-refractivity contribution in [1.29, 1.82) is 0 Å². The van der Waals surface area contributed by atoms with Gasteiger partial charge >= 0.3 is 0 Å². The number of aryl methyl sites for hydroxylation is 1. The van der Waals surface area contributed by atoms with Crippen molar-refractivity contribution >= 4 is 85.6 Å². The Morgan fingerprint density at radius 2 is 1.33 bits per heavy atom. The van der Waals surface area contributed by atoms with E-state index in [-0.39, 0.29) is 5.41 Å². The van der Waals surface area contributed by atoms with Crippen molar-refractivity contribution in [3.05, 3.63) is 167 Å². The molecule has 66 heavy (non-hydrogen) atoms. The van der Waals surface area contributed by atoms with Crippen LogP contribution >= 0.6 is 11.3 Å². The monoisotopic (exact) mass is 868 g/mol. The van der Waals surface area contributed by atoms with Gasteiger partial charge in [-0.25, -0.2) is 0 Å². The predicted octanol–water partition coefficient (Wildman–Crippen LogP) is 15.0. The van der Waals surface area contributed by atoms with Gasteiger partial charge in [0.05, 0.1) is 11.2 Å². The molecule has 0 amide bonds. The SMILES string of the molecule is [B]c1cc(-c2ccccc2)c2c(c1)c1cc3c(cc1C(C)(C)CCC(C)C)sc1ccc([B])c(c13)n2-c1cc(-c2ccccc2C)c(C)c2c1-c1ccccc1C(C)(C)c1cccc-2c1N. The highest BCUT2D eigenvalue weighted by molar-refractivity contribution is 7.26. The molecule has 10 aromatic rings. The average Bonchev–Trinajstić information content (AvgIpc) is 3.66. The van der Waals surface area contributed by atoms with Gasteiger partial charge in [0.1, 0.15) is 15.7 Å². The molecule has 2 aromatic heterocycles. The number of fused-ring (bicyclic) bond motifs is 9. The van der Waals surface area contributed by atoms with E-state index in [2.05, 4.69) is 199 Å². The highest BCUT2D eigenvalue weighted by atomic mass is 32.1. The van der Waals surface area contributed by atoms with E-state index in [0.717, 1.165) is 85.0 Å². The zero-order valence-corrected chi connectivity index (χ0v) is 40.2.